The Morgan fingerprint density at radius 2 is 1.61 bits per heavy atom. The number of nitrogens with one attached hydrogen (secondary N) is 1. The Morgan fingerprint density at radius 1 is 0.964 bits per heavy atom. The van der Waals surface area contributed by atoms with Gasteiger partial charge >= 0.3 is 0 Å². The van der Waals surface area contributed by atoms with E-state index < -0.39 is 0 Å². The molecule has 28 heavy (non-hydrogen) atoms. The number of hydrogen-bond acceptors (Lipinski definition) is 4. The third-order valence-electron chi connectivity index (χ3n) is 4.98. The van der Waals surface area contributed by atoms with Gasteiger partial charge in [0.05, 0.1) is 17.3 Å². The Balaban J connectivity index is 1.69. The smallest absolute Gasteiger partial charge is 0.261 e. The molecule has 0 unspecified atom stereocenters. The van der Waals surface area contributed by atoms with Gasteiger partial charge in [-0.25, -0.2) is 0 Å². The van der Waals surface area contributed by atoms with Crippen molar-refractivity contribution in [2.45, 2.75) is 13.8 Å². The van der Waals surface area contributed by atoms with E-state index in [-0.39, 0.29) is 23.3 Å². The van der Waals surface area contributed by atoms with Crippen LogP contribution in [0.4, 0.5) is 5.69 Å². The van der Waals surface area contributed by atoms with Crippen LogP contribution < -0.4 is 5.32 Å². The molecular formula is C20H19N5O3. The summed E-state index contributed by atoms with van der Waals surface area (Å²) < 4.78 is 3.61. The molecule has 0 saturated heterocycles. The van der Waals surface area contributed by atoms with Crippen LogP contribution in [0.1, 0.15) is 42.5 Å². The highest BCUT2D eigenvalue weighted by atomic mass is 16.2. The zero-order chi connectivity index (χ0) is 20.2. The molecule has 1 aliphatic rings. The van der Waals surface area contributed by atoms with Gasteiger partial charge in [0.1, 0.15) is 11.4 Å². The van der Waals surface area contributed by atoms with Crippen LogP contribution in [-0.4, -0.2) is 44.0 Å². The first-order chi connectivity index (χ1) is 13.3. The largest absolute Gasteiger partial charge is 0.322 e. The van der Waals surface area contributed by atoms with Crippen LogP contribution in [0.2, 0.25) is 0 Å². The Morgan fingerprint density at radius 3 is 2.29 bits per heavy atom. The number of aryl methyl sites for hydroxylation is 3. The summed E-state index contributed by atoms with van der Waals surface area (Å²) in [6.45, 7) is 3.92. The molecule has 2 aromatic heterocycles. The number of anilines is 1. The Kier molecular flexibility index (Phi) is 3.92. The molecule has 3 aromatic rings. The van der Waals surface area contributed by atoms with Gasteiger partial charge in [-0.1, -0.05) is 0 Å². The first kappa shape index (κ1) is 17.7. The van der Waals surface area contributed by atoms with Crippen molar-refractivity contribution < 1.29 is 14.4 Å². The molecule has 3 heterocycles. The van der Waals surface area contributed by atoms with Crippen LogP contribution in [0.25, 0.3) is 5.82 Å². The van der Waals surface area contributed by atoms with E-state index >= 15 is 0 Å². The first-order valence-electron chi connectivity index (χ1n) is 8.74. The number of carbonyl (C=O) groups is 3. The van der Waals surface area contributed by atoms with Crippen molar-refractivity contribution in [1.29, 1.82) is 0 Å². The lowest BCUT2D eigenvalue weighted by atomic mass is 10.1. The number of fused-ring (bicyclic) bond motifs is 1. The van der Waals surface area contributed by atoms with E-state index in [1.165, 1.54) is 19.3 Å². The van der Waals surface area contributed by atoms with Crippen molar-refractivity contribution in [3.63, 3.8) is 0 Å². The van der Waals surface area contributed by atoms with Gasteiger partial charge < -0.3 is 9.88 Å². The molecule has 4 rings (SSSR count). The fraction of sp³-hybridized carbons (Fsp3) is 0.200. The number of rotatable bonds is 3. The molecule has 0 saturated carbocycles. The Bertz CT molecular complexity index is 1140. The van der Waals surface area contributed by atoms with E-state index in [9.17, 15) is 14.4 Å². The first-order valence-corrected chi connectivity index (χ1v) is 8.74. The molecule has 8 nitrogen and oxygen atoms in total. The second-order valence-corrected chi connectivity index (χ2v) is 6.84. The molecule has 1 aromatic carbocycles. The monoisotopic (exact) mass is 377 g/mol. The zero-order valence-electron chi connectivity index (χ0n) is 16.0. The third kappa shape index (κ3) is 2.53. The van der Waals surface area contributed by atoms with Crippen LogP contribution in [0.3, 0.4) is 0 Å². The molecule has 0 bridgehead atoms. The van der Waals surface area contributed by atoms with E-state index in [0.29, 0.717) is 22.6 Å². The minimum absolute atomic E-state index is 0.286. The summed E-state index contributed by atoms with van der Waals surface area (Å²) in [4.78, 5) is 38.2. The standard InChI is InChI=1S/C20H19N5O3/c1-11-5-6-12(2)25(11)18-16(10-21-24(18)4)17(26)22-13-7-8-14-15(9-13)20(28)23(3)19(14)27/h5-10H,1-4H3,(H,22,26). The van der Waals surface area contributed by atoms with Crippen LogP contribution >= 0.6 is 0 Å². The van der Waals surface area contributed by atoms with Gasteiger partial charge in [0.15, 0.2) is 0 Å². The highest BCUT2D eigenvalue weighted by Crippen LogP contribution is 2.26. The average molecular weight is 377 g/mol. The lowest BCUT2D eigenvalue weighted by molar-refractivity contribution is 0.0692. The van der Waals surface area contributed by atoms with Crippen molar-refractivity contribution in [2.24, 2.45) is 7.05 Å². The lowest BCUT2D eigenvalue weighted by Gasteiger charge is -2.13. The summed E-state index contributed by atoms with van der Waals surface area (Å²) in [5.41, 5.74) is 3.44. The molecule has 1 aliphatic heterocycles. The van der Waals surface area contributed by atoms with Gasteiger partial charge in [0.25, 0.3) is 17.7 Å². The minimum atomic E-state index is -0.378. The second-order valence-electron chi connectivity index (χ2n) is 6.84. The van der Waals surface area contributed by atoms with Gasteiger partial charge in [0.2, 0.25) is 0 Å². The summed E-state index contributed by atoms with van der Waals surface area (Å²) in [6.07, 6.45) is 1.51. The quantitative estimate of drug-likeness (QED) is 0.710. The van der Waals surface area contributed by atoms with E-state index in [0.717, 1.165) is 16.3 Å². The maximum Gasteiger partial charge on any atom is 0.261 e. The van der Waals surface area contributed by atoms with E-state index in [4.69, 9.17) is 0 Å². The number of benzene rings is 1. The predicted molar refractivity (Wildman–Crippen MR) is 103 cm³/mol. The van der Waals surface area contributed by atoms with Crippen LogP contribution in [0.15, 0.2) is 36.5 Å². The number of aromatic nitrogens is 3. The molecule has 1 N–H and O–H groups in total. The third-order valence-corrected chi connectivity index (χ3v) is 4.98. The fourth-order valence-corrected chi connectivity index (χ4v) is 3.50. The molecule has 8 heteroatoms. The van der Waals surface area contributed by atoms with Crippen LogP contribution in [0, 0.1) is 13.8 Å². The minimum Gasteiger partial charge on any atom is -0.322 e. The molecule has 0 aliphatic carbocycles. The van der Waals surface area contributed by atoms with E-state index in [2.05, 4.69) is 10.4 Å². The molecular weight excluding hydrogens is 358 g/mol. The predicted octanol–water partition coefficient (Wildman–Crippen LogP) is 2.31. The maximum absolute atomic E-state index is 12.9. The molecule has 0 spiro atoms. The number of amides is 3. The van der Waals surface area contributed by atoms with Crippen LogP contribution in [0.5, 0.6) is 0 Å². The molecule has 142 valence electrons. The number of imide groups is 1. The summed E-state index contributed by atoms with van der Waals surface area (Å²) in [6, 6.07) is 8.65. The van der Waals surface area contributed by atoms with Gasteiger partial charge in [-0.05, 0) is 44.2 Å². The average Bonchev–Trinajstić information content (AvgIpc) is 3.27. The van der Waals surface area contributed by atoms with Gasteiger partial charge in [-0.3, -0.25) is 24.0 Å². The van der Waals surface area contributed by atoms with E-state index in [1.807, 2.05) is 30.5 Å². The lowest BCUT2D eigenvalue weighted by Crippen LogP contribution is -2.24. The van der Waals surface area contributed by atoms with Crippen molar-refractivity contribution in [3.05, 3.63) is 64.6 Å². The summed E-state index contributed by atoms with van der Waals surface area (Å²) in [7, 11) is 3.22. The summed E-state index contributed by atoms with van der Waals surface area (Å²) >= 11 is 0. The normalized spacial score (nSPS) is 13.2. The van der Waals surface area contributed by atoms with Gasteiger partial charge in [0, 0.05) is 31.2 Å². The molecule has 0 atom stereocenters. The highest BCUT2D eigenvalue weighted by molar-refractivity contribution is 6.21. The molecule has 0 radical (unpaired) electrons. The molecule has 0 fully saturated rings. The topological polar surface area (TPSA) is 89.2 Å². The van der Waals surface area contributed by atoms with Gasteiger partial charge in [-0.15, -0.1) is 0 Å². The molecule has 3 amide bonds. The second kappa shape index (κ2) is 6.19. The summed E-state index contributed by atoms with van der Waals surface area (Å²) in [5, 5.41) is 7.04. The zero-order valence-corrected chi connectivity index (χ0v) is 16.0. The number of hydrogen-bond donors (Lipinski definition) is 1. The Labute approximate surface area is 161 Å². The maximum atomic E-state index is 12.9. The summed E-state index contributed by atoms with van der Waals surface area (Å²) in [5.74, 6) is -0.409. The SMILES string of the molecule is Cc1ccc(C)n1-c1c(C(=O)Nc2ccc3c(c2)C(=O)N(C)C3=O)cnn1C. The van der Waals surface area contributed by atoms with Crippen molar-refractivity contribution in [3.8, 4) is 5.82 Å². The van der Waals surface area contributed by atoms with Gasteiger partial charge in [-0.2, -0.15) is 5.10 Å². The van der Waals surface area contributed by atoms with E-state index in [1.54, 1.807) is 23.9 Å². The van der Waals surface area contributed by atoms with Crippen molar-refractivity contribution in [2.75, 3.05) is 12.4 Å². The highest BCUT2D eigenvalue weighted by Gasteiger charge is 2.33. The van der Waals surface area contributed by atoms with Crippen molar-refractivity contribution in [1.82, 2.24) is 19.2 Å². The van der Waals surface area contributed by atoms with Crippen molar-refractivity contribution >= 4 is 23.4 Å². The fourth-order valence-electron chi connectivity index (χ4n) is 3.50. The number of carbonyl (C=O) groups excluding carboxylic acids is 3. The van der Waals surface area contributed by atoms with Crippen LogP contribution in [-0.2, 0) is 7.05 Å². The number of nitrogens with zero attached hydrogens (tertiary/aromatic N) is 4. The Hall–Kier alpha value is -3.68.